The number of halogens is 1. The Balaban J connectivity index is 1.90. The van der Waals surface area contributed by atoms with Crippen LogP contribution >= 0.6 is 27.3 Å². The van der Waals surface area contributed by atoms with Gasteiger partial charge < -0.3 is 9.84 Å². The van der Waals surface area contributed by atoms with E-state index in [2.05, 4.69) is 40.0 Å². The van der Waals surface area contributed by atoms with E-state index in [-0.39, 0.29) is 0 Å². The number of fused-ring (bicyclic) bond motifs is 1. The first-order chi connectivity index (χ1) is 11.1. The molecular weight excluding hydrogens is 374 g/mol. The van der Waals surface area contributed by atoms with E-state index in [1.807, 2.05) is 24.3 Å². The van der Waals surface area contributed by atoms with Gasteiger partial charge in [-0.15, -0.1) is 11.3 Å². The molecule has 0 aliphatic carbocycles. The molecule has 0 aliphatic heterocycles. The number of ether oxygens (including phenoxy) is 1. The van der Waals surface area contributed by atoms with Crippen LogP contribution in [0, 0.1) is 0 Å². The molecule has 0 spiro atoms. The summed E-state index contributed by atoms with van der Waals surface area (Å²) in [5, 5.41) is 12.5. The minimum Gasteiger partial charge on any atom is -0.508 e. The Kier molecular flexibility index (Phi) is 4.90. The fraction of sp³-hybridized carbons (Fsp3) is 0.222. The zero-order valence-corrected chi connectivity index (χ0v) is 15.4. The highest BCUT2D eigenvalue weighted by atomic mass is 79.9. The first kappa shape index (κ1) is 16.3. The Morgan fingerprint density at radius 2 is 1.91 bits per heavy atom. The lowest BCUT2D eigenvalue weighted by molar-refractivity contribution is 0.317. The van der Waals surface area contributed by atoms with Crippen LogP contribution in [0.4, 0.5) is 0 Å². The number of phenolic OH excluding ortho intramolecular Hbond substituents is 1. The van der Waals surface area contributed by atoms with Gasteiger partial charge in [0.1, 0.15) is 11.5 Å². The zero-order valence-electron chi connectivity index (χ0n) is 13.0. The number of methoxy groups -OCH3 is 1. The average molecular weight is 392 g/mol. The second kappa shape index (κ2) is 6.91. The van der Waals surface area contributed by atoms with Crippen molar-refractivity contribution in [3.8, 4) is 11.5 Å². The molecule has 1 N–H and O–H groups in total. The van der Waals surface area contributed by atoms with Gasteiger partial charge in [0, 0.05) is 23.5 Å². The van der Waals surface area contributed by atoms with Gasteiger partial charge in [0.2, 0.25) is 0 Å². The van der Waals surface area contributed by atoms with Crippen molar-refractivity contribution in [1.29, 1.82) is 0 Å². The van der Waals surface area contributed by atoms with Crippen LogP contribution < -0.4 is 4.74 Å². The molecule has 5 heteroatoms. The standard InChI is InChI=1S/C18H18BrNO2S/c1-20(10-14-6-8-18(19)23-14)11-16-15-9-13(22-2)5-3-12(15)4-7-17(16)21/h3-9,21H,10-11H2,1-2H3. The highest BCUT2D eigenvalue weighted by Gasteiger charge is 2.12. The summed E-state index contributed by atoms with van der Waals surface area (Å²) in [6.45, 7) is 1.52. The van der Waals surface area contributed by atoms with Crippen LogP contribution in [-0.4, -0.2) is 24.2 Å². The molecule has 23 heavy (non-hydrogen) atoms. The fourth-order valence-electron chi connectivity index (χ4n) is 2.67. The van der Waals surface area contributed by atoms with Gasteiger partial charge in [-0.2, -0.15) is 0 Å². The Bertz CT molecular complexity index is 831. The summed E-state index contributed by atoms with van der Waals surface area (Å²) in [5.41, 5.74) is 0.930. The first-order valence-corrected chi connectivity index (χ1v) is 8.89. The maximum absolute atomic E-state index is 10.3. The quantitative estimate of drug-likeness (QED) is 0.663. The largest absolute Gasteiger partial charge is 0.508 e. The maximum atomic E-state index is 10.3. The Hall–Kier alpha value is -1.56. The van der Waals surface area contributed by atoms with Crippen LogP contribution in [0.15, 0.2) is 46.3 Å². The summed E-state index contributed by atoms with van der Waals surface area (Å²) in [6, 6.07) is 13.8. The van der Waals surface area contributed by atoms with E-state index in [0.29, 0.717) is 12.3 Å². The number of benzene rings is 2. The lowest BCUT2D eigenvalue weighted by Gasteiger charge is -2.18. The summed E-state index contributed by atoms with van der Waals surface area (Å²) in [5.74, 6) is 1.12. The van der Waals surface area contributed by atoms with Crippen molar-refractivity contribution in [2.75, 3.05) is 14.2 Å². The summed E-state index contributed by atoms with van der Waals surface area (Å²) in [6.07, 6.45) is 0. The van der Waals surface area contributed by atoms with Gasteiger partial charge in [-0.05, 0) is 64.1 Å². The molecule has 1 aromatic heterocycles. The molecule has 1 heterocycles. The van der Waals surface area contributed by atoms with Gasteiger partial charge in [0.05, 0.1) is 10.9 Å². The van der Waals surface area contributed by atoms with Crippen molar-refractivity contribution in [2.45, 2.75) is 13.1 Å². The van der Waals surface area contributed by atoms with E-state index < -0.39 is 0 Å². The van der Waals surface area contributed by atoms with E-state index in [9.17, 15) is 5.11 Å². The predicted molar refractivity (Wildman–Crippen MR) is 99.4 cm³/mol. The van der Waals surface area contributed by atoms with Crippen molar-refractivity contribution in [3.63, 3.8) is 0 Å². The number of hydrogen-bond donors (Lipinski definition) is 1. The second-order valence-corrected chi connectivity index (χ2v) is 8.08. The summed E-state index contributed by atoms with van der Waals surface area (Å²) in [7, 11) is 3.72. The molecule has 0 atom stereocenters. The topological polar surface area (TPSA) is 32.7 Å². The molecule has 120 valence electrons. The maximum Gasteiger partial charge on any atom is 0.120 e. The molecule has 0 bridgehead atoms. The third-order valence-electron chi connectivity index (χ3n) is 3.80. The molecule has 3 nitrogen and oxygen atoms in total. The van der Waals surface area contributed by atoms with Crippen molar-refractivity contribution in [1.82, 2.24) is 4.90 Å². The van der Waals surface area contributed by atoms with E-state index in [4.69, 9.17) is 4.74 Å². The van der Waals surface area contributed by atoms with Crippen molar-refractivity contribution in [2.24, 2.45) is 0 Å². The number of nitrogens with zero attached hydrogens (tertiary/aromatic N) is 1. The third kappa shape index (κ3) is 3.68. The van der Waals surface area contributed by atoms with Crippen LogP contribution in [0.1, 0.15) is 10.4 Å². The Morgan fingerprint density at radius 1 is 1.13 bits per heavy atom. The number of thiophene rings is 1. The zero-order chi connectivity index (χ0) is 16.4. The van der Waals surface area contributed by atoms with E-state index in [0.717, 1.165) is 32.4 Å². The summed E-state index contributed by atoms with van der Waals surface area (Å²) >= 11 is 5.23. The van der Waals surface area contributed by atoms with Crippen LogP contribution in [0.5, 0.6) is 11.5 Å². The predicted octanol–water partition coefficient (Wildman–Crippen LogP) is 5.01. The van der Waals surface area contributed by atoms with Gasteiger partial charge in [-0.25, -0.2) is 0 Å². The lowest BCUT2D eigenvalue weighted by Crippen LogP contribution is -2.16. The highest BCUT2D eigenvalue weighted by molar-refractivity contribution is 9.11. The van der Waals surface area contributed by atoms with Gasteiger partial charge in [0.25, 0.3) is 0 Å². The third-order valence-corrected chi connectivity index (χ3v) is 5.41. The van der Waals surface area contributed by atoms with Crippen LogP contribution in [0.3, 0.4) is 0 Å². The van der Waals surface area contributed by atoms with E-state index in [1.54, 1.807) is 24.5 Å². The second-order valence-electron chi connectivity index (χ2n) is 5.53. The molecule has 0 unspecified atom stereocenters. The van der Waals surface area contributed by atoms with E-state index in [1.165, 1.54) is 4.88 Å². The number of rotatable bonds is 5. The number of aromatic hydroxyl groups is 1. The van der Waals surface area contributed by atoms with Crippen molar-refractivity contribution >= 4 is 38.0 Å². The first-order valence-electron chi connectivity index (χ1n) is 7.28. The molecule has 0 radical (unpaired) electrons. The molecule has 0 aliphatic rings. The summed E-state index contributed by atoms with van der Waals surface area (Å²) < 4.78 is 6.46. The molecule has 0 amide bonds. The minimum absolute atomic E-state index is 0.324. The molecular formula is C18H18BrNO2S. The van der Waals surface area contributed by atoms with Gasteiger partial charge in [-0.1, -0.05) is 12.1 Å². The smallest absolute Gasteiger partial charge is 0.120 e. The van der Waals surface area contributed by atoms with Crippen molar-refractivity contribution in [3.05, 3.63) is 56.7 Å². The highest BCUT2D eigenvalue weighted by Crippen LogP contribution is 2.31. The SMILES string of the molecule is COc1ccc2ccc(O)c(CN(C)Cc3ccc(Br)s3)c2c1. The molecule has 3 rings (SSSR count). The fourth-order valence-corrected chi connectivity index (χ4v) is 4.23. The van der Waals surface area contributed by atoms with Crippen molar-refractivity contribution < 1.29 is 9.84 Å². The lowest BCUT2D eigenvalue weighted by atomic mass is 10.0. The normalized spacial score (nSPS) is 11.3. The molecule has 0 saturated heterocycles. The van der Waals surface area contributed by atoms with Crippen LogP contribution in [0.2, 0.25) is 0 Å². The van der Waals surface area contributed by atoms with E-state index >= 15 is 0 Å². The molecule has 0 saturated carbocycles. The van der Waals surface area contributed by atoms with Gasteiger partial charge in [0.15, 0.2) is 0 Å². The molecule has 0 fully saturated rings. The average Bonchev–Trinajstić information content (AvgIpc) is 2.94. The molecule has 3 aromatic rings. The Labute approximate surface area is 148 Å². The summed E-state index contributed by atoms with van der Waals surface area (Å²) in [4.78, 5) is 3.49. The molecule has 2 aromatic carbocycles. The Morgan fingerprint density at radius 3 is 2.61 bits per heavy atom. The number of hydrogen-bond acceptors (Lipinski definition) is 4. The monoisotopic (exact) mass is 391 g/mol. The van der Waals surface area contributed by atoms with Crippen LogP contribution in [0.25, 0.3) is 10.8 Å². The van der Waals surface area contributed by atoms with Crippen LogP contribution in [-0.2, 0) is 13.1 Å². The van der Waals surface area contributed by atoms with Gasteiger partial charge >= 0.3 is 0 Å². The minimum atomic E-state index is 0.324. The number of phenols is 1. The van der Waals surface area contributed by atoms with Gasteiger partial charge in [-0.3, -0.25) is 4.90 Å².